The zero-order valence-corrected chi connectivity index (χ0v) is 19.2. The van der Waals surface area contributed by atoms with Gasteiger partial charge in [-0.2, -0.15) is 0 Å². The number of amides is 2. The number of piperidine rings is 1. The number of benzene rings is 1. The summed E-state index contributed by atoms with van der Waals surface area (Å²) in [5.41, 5.74) is 1.02. The van der Waals surface area contributed by atoms with Gasteiger partial charge in [0.05, 0.1) is 11.0 Å². The number of aliphatic hydroxyl groups is 1. The van der Waals surface area contributed by atoms with Crippen LogP contribution in [0.25, 0.3) is 0 Å². The van der Waals surface area contributed by atoms with E-state index in [0.29, 0.717) is 30.3 Å². The van der Waals surface area contributed by atoms with Crippen LogP contribution in [0.15, 0.2) is 47.8 Å². The summed E-state index contributed by atoms with van der Waals surface area (Å²) in [5, 5.41) is 14.4. The van der Waals surface area contributed by atoms with Gasteiger partial charge in [-0.05, 0) is 55.8 Å². The third kappa shape index (κ3) is 7.16. The molecule has 6 nitrogen and oxygen atoms in total. The fraction of sp³-hybridized carbons (Fsp3) is 0.500. The Hall–Kier alpha value is -2.22. The van der Waals surface area contributed by atoms with Crippen LogP contribution in [-0.4, -0.2) is 72.1 Å². The summed E-state index contributed by atoms with van der Waals surface area (Å²) in [4.78, 5) is 30.6. The number of carbonyl (C=O) groups is 2. The van der Waals surface area contributed by atoms with E-state index in [-0.39, 0.29) is 17.9 Å². The molecule has 0 radical (unpaired) electrons. The van der Waals surface area contributed by atoms with Gasteiger partial charge in [0.15, 0.2) is 0 Å². The number of nitrogens with zero attached hydrogens (tertiary/aromatic N) is 2. The molecule has 1 saturated heterocycles. The van der Waals surface area contributed by atoms with Crippen LogP contribution in [0.4, 0.5) is 0 Å². The van der Waals surface area contributed by atoms with E-state index in [1.165, 1.54) is 11.3 Å². The molecule has 1 aliphatic heterocycles. The summed E-state index contributed by atoms with van der Waals surface area (Å²) in [6.45, 7) is 5.09. The fourth-order valence-corrected chi connectivity index (χ4v) is 4.78. The summed E-state index contributed by atoms with van der Waals surface area (Å²) in [7, 11) is 1.83. The minimum atomic E-state index is -0.600. The van der Waals surface area contributed by atoms with Gasteiger partial charge in [-0.25, -0.2) is 0 Å². The predicted molar refractivity (Wildman–Crippen MR) is 124 cm³/mol. The number of likely N-dealkylation sites (N-methyl/N-ethyl adjacent to an activating group) is 1. The number of hydrogen-bond donors (Lipinski definition) is 2. The van der Waals surface area contributed by atoms with Gasteiger partial charge >= 0.3 is 0 Å². The van der Waals surface area contributed by atoms with E-state index in [9.17, 15) is 14.7 Å². The number of β-amino-alcohol motifs (C(OH)–C–C–N with tert-alkyl or cyclic N) is 1. The maximum absolute atomic E-state index is 13.3. The lowest BCUT2D eigenvalue weighted by Crippen LogP contribution is -2.50. The molecule has 2 amide bonds. The number of likely N-dealkylation sites (tertiary alicyclic amines) is 1. The van der Waals surface area contributed by atoms with Crippen LogP contribution in [0, 0.1) is 5.92 Å². The van der Waals surface area contributed by atoms with Crippen LogP contribution in [0.1, 0.15) is 35.0 Å². The molecule has 1 fully saturated rings. The van der Waals surface area contributed by atoms with Gasteiger partial charge < -0.3 is 20.2 Å². The smallest absolute Gasteiger partial charge is 0.262 e. The standard InChI is InChI=1S/C24H33N3O3S/c1-18(28)16-27-12-10-20(11-13-27)17-26(2)24(30)21(15-19-7-4-3-5-8-19)25-23(29)22-9-6-14-31-22/h3-9,14,18,20-21,28H,10-13,15-17H2,1-2H3,(H,25,29)/t18-,21-/m0/s1. The first-order valence-corrected chi connectivity index (χ1v) is 11.8. The Morgan fingerprint density at radius 2 is 1.90 bits per heavy atom. The van der Waals surface area contributed by atoms with Crippen LogP contribution in [0.5, 0.6) is 0 Å². The summed E-state index contributed by atoms with van der Waals surface area (Å²) in [6.07, 6.45) is 2.17. The first-order chi connectivity index (χ1) is 14.9. The lowest BCUT2D eigenvalue weighted by Gasteiger charge is -2.35. The van der Waals surface area contributed by atoms with Gasteiger partial charge in [-0.15, -0.1) is 11.3 Å². The second-order valence-electron chi connectivity index (χ2n) is 8.50. The van der Waals surface area contributed by atoms with Crippen LogP contribution in [-0.2, 0) is 11.2 Å². The quantitative estimate of drug-likeness (QED) is 0.625. The largest absolute Gasteiger partial charge is 0.392 e. The van der Waals surface area contributed by atoms with E-state index in [0.717, 1.165) is 31.5 Å². The molecule has 31 heavy (non-hydrogen) atoms. The molecule has 3 rings (SSSR count). The van der Waals surface area contributed by atoms with Gasteiger partial charge in [0.25, 0.3) is 5.91 Å². The summed E-state index contributed by atoms with van der Waals surface area (Å²) in [6, 6.07) is 12.8. The Balaban J connectivity index is 1.61. The molecule has 0 spiro atoms. The van der Waals surface area contributed by atoms with E-state index in [4.69, 9.17) is 0 Å². The molecule has 0 aliphatic carbocycles. The molecule has 168 valence electrons. The highest BCUT2D eigenvalue weighted by Gasteiger charge is 2.28. The van der Waals surface area contributed by atoms with Crippen molar-refractivity contribution in [3.63, 3.8) is 0 Å². The molecular weight excluding hydrogens is 410 g/mol. The van der Waals surface area contributed by atoms with E-state index in [1.54, 1.807) is 11.0 Å². The Morgan fingerprint density at radius 1 is 1.19 bits per heavy atom. The minimum Gasteiger partial charge on any atom is -0.392 e. The van der Waals surface area contributed by atoms with Gasteiger partial charge in [0.2, 0.25) is 5.91 Å². The fourth-order valence-electron chi connectivity index (χ4n) is 4.16. The second-order valence-corrected chi connectivity index (χ2v) is 9.45. The van der Waals surface area contributed by atoms with E-state index in [2.05, 4.69) is 10.2 Å². The summed E-state index contributed by atoms with van der Waals surface area (Å²) in [5.74, 6) is 0.175. The molecule has 0 saturated carbocycles. The minimum absolute atomic E-state index is 0.0554. The summed E-state index contributed by atoms with van der Waals surface area (Å²) >= 11 is 1.37. The molecule has 2 heterocycles. The molecule has 0 unspecified atom stereocenters. The van der Waals surface area contributed by atoms with Crippen molar-refractivity contribution in [3.8, 4) is 0 Å². The van der Waals surface area contributed by atoms with Gasteiger partial charge in [-0.1, -0.05) is 36.4 Å². The molecule has 1 aromatic heterocycles. The Bertz CT molecular complexity index is 818. The Labute approximate surface area is 188 Å². The van der Waals surface area contributed by atoms with E-state index >= 15 is 0 Å². The Kier molecular flexibility index (Phi) is 8.63. The molecule has 1 aliphatic rings. The molecule has 0 bridgehead atoms. The molecule has 1 aromatic carbocycles. The maximum atomic E-state index is 13.3. The van der Waals surface area contributed by atoms with Crippen molar-refractivity contribution in [1.29, 1.82) is 0 Å². The van der Waals surface area contributed by atoms with Gasteiger partial charge in [-0.3, -0.25) is 9.59 Å². The monoisotopic (exact) mass is 443 g/mol. The lowest BCUT2D eigenvalue weighted by molar-refractivity contribution is -0.132. The highest BCUT2D eigenvalue weighted by Crippen LogP contribution is 2.19. The average Bonchev–Trinajstić information content (AvgIpc) is 3.29. The maximum Gasteiger partial charge on any atom is 0.262 e. The SMILES string of the molecule is C[C@H](O)CN1CCC(CN(C)C(=O)[C@H](Cc2ccccc2)NC(=O)c2cccs2)CC1. The third-order valence-electron chi connectivity index (χ3n) is 5.77. The highest BCUT2D eigenvalue weighted by atomic mass is 32.1. The Morgan fingerprint density at radius 3 is 2.52 bits per heavy atom. The van der Waals surface area contributed by atoms with Crippen molar-refractivity contribution < 1.29 is 14.7 Å². The third-order valence-corrected chi connectivity index (χ3v) is 6.64. The zero-order valence-electron chi connectivity index (χ0n) is 18.4. The van der Waals surface area contributed by atoms with Crippen molar-refractivity contribution in [2.24, 2.45) is 5.92 Å². The van der Waals surface area contributed by atoms with Gasteiger partial charge in [0.1, 0.15) is 6.04 Å². The normalized spacial score (nSPS) is 17.1. The number of nitrogens with one attached hydrogen (secondary N) is 1. The molecular formula is C24H33N3O3S. The van der Waals surface area contributed by atoms with Gasteiger partial charge in [0, 0.05) is 26.6 Å². The molecule has 2 atom stereocenters. The first kappa shape index (κ1) is 23.4. The summed E-state index contributed by atoms with van der Waals surface area (Å²) < 4.78 is 0. The number of rotatable bonds is 9. The second kappa shape index (κ2) is 11.4. The predicted octanol–water partition coefficient (Wildman–Crippen LogP) is 2.64. The number of thiophene rings is 1. The van der Waals surface area contributed by atoms with Crippen LogP contribution >= 0.6 is 11.3 Å². The van der Waals surface area contributed by atoms with E-state index in [1.807, 2.05) is 55.7 Å². The zero-order chi connectivity index (χ0) is 22.2. The molecule has 2 aromatic rings. The number of aliphatic hydroxyl groups excluding tert-OH is 1. The average molecular weight is 444 g/mol. The van der Waals surface area contributed by atoms with Crippen molar-refractivity contribution in [2.75, 3.05) is 33.2 Å². The van der Waals surface area contributed by atoms with Crippen molar-refractivity contribution in [2.45, 2.75) is 38.3 Å². The topological polar surface area (TPSA) is 72.9 Å². The van der Waals surface area contributed by atoms with Crippen LogP contribution in [0.2, 0.25) is 0 Å². The van der Waals surface area contributed by atoms with Crippen LogP contribution < -0.4 is 5.32 Å². The van der Waals surface area contributed by atoms with E-state index < -0.39 is 6.04 Å². The van der Waals surface area contributed by atoms with Crippen molar-refractivity contribution in [3.05, 3.63) is 58.3 Å². The molecule has 7 heteroatoms. The highest BCUT2D eigenvalue weighted by molar-refractivity contribution is 7.12. The van der Waals surface area contributed by atoms with Crippen molar-refractivity contribution >= 4 is 23.2 Å². The molecule has 2 N–H and O–H groups in total. The number of carbonyl (C=O) groups excluding carboxylic acids is 2. The number of hydrogen-bond acceptors (Lipinski definition) is 5. The lowest BCUT2D eigenvalue weighted by atomic mass is 9.95. The van der Waals surface area contributed by atoms with Crippen molar-refractivity contribution in [1.82, 2.24) is 15.1 Å². The first-order valence-electron chi connectivity index (χ1n) is 11.0. The van der Waals surface area contributed by atoms with Crippen LogP contribution in [0.3, 0.4) is 0 Å².